The first-order valence-electron chi connectivity index (χ1n) is 5.74. The number of carboxylic acids is 7. The summed E-state index contributed by atoms with van der Waals surface area (Å²) in [7, 11) is 0. The van der Waals surface area contributed by atoms with Gasteiger partial charge in [-0.05, 0) is 0 Å². The molecule has 0 saturated carbocycles. The van der Waals surface area contributed by atoms with Crippen LogP contribution >= 0.6 is 0 Å². The van der Waals surface area contributed by atoms with Gasteiger partial charge in [-0.2, -0.15) is 0 Å². The fraction of sp³-hybridized carbons (Fsp3) is 0.417. The van der Waals surface area contributed by atoms with Crippen molar-refractivity contribution >= 4 is 41.8 Å². The van der Waals surface area contributed by atoms with E-state index in [1.165, 1.54) is 0 Å². The summed E-state index contributed by atoms with van der Waals surface area (Å²) < 4.78 is 0. The Balaban J connectivity index is -0.0000000356. The summed E-state index contributed by atoms with van der Waals surface area (Å²) in [6.07, 6.45) is 0. The molecule has 0 amide bonds. The Morgan fingerprint density at radius 2 is 0.407 bits per heavy atom. The predicted octanol–water partition coefficient (Wildman–Crippen LogP) is -0.392. The molecule has 14 nitrogen and oxygen atoms in total. The largest absolute Gasteiger partial charge is 0.481 e. The molecule has 0 bridgehead atoms. The van der Waals surface area contributed by atoms with Crippen molar-refractivity contribution in [2.24, 2.45) is 0 Å². The molecule has 0 spiro atoms. The number of carboxylic acid groups (broad SMARTS) is 7. The molecule has 0 saturated heterocycles. The number of aliphatic carboxylic acids is 7. The second kappa shape index (κ2) is 34.3. The molecule has 27 heavy (non-hydrogen) atoms. The van der Waals surface area contributed by atoms with E-state index in [-0.39, 0.29) is 18.6 Å². The van der Waals surface area contributed by atoms with Gasteiger partial charge in [0.1, 0.15) is 0 Å². The zero-order chi connectivity index (χ0) is 23.0. The summed E-state index contributed by atoms with van der Waals surface area (Å²) in [5.41, 5.74) is 0. The number of hydrogen-bond acceptors (Lipinski definition) is 7. The molecular formula is C12H22O14V. The summed E-state index contributed by atoms with van der Waals surface area (Å²) in [5, 5.41) is 51.9. The maximum atomic E-state index is 9.10. The van der Waals surface area contributed by atoms with Crippen LogP contribution in [0.15, 0.2) is 0 Å². The monoisotopic (exact) mass is 441 g/mol. The molecule has 0 unspecified atom stereocenters. The second-order valence-corrected chi connectivity index (χ2v) is 3.21. The van der Waals surface area contributed by atoms with Crippen LogP contribution in [-0.2, 0) is 52.1 Å². The van der Waals surface area contributed by atoms with E-state index in [1.807, 2.05) is 0 Å². The minimum atomic E-state index is -1.82. The molecule has 0 fully saturated rings. The molecule has 0 aromatic heterocycles. The van der Waals surface area contributed by atoms with Crippen molar-refractivity contribution in [3.05, 3.63) is 0 Å². The molecule has 0 aromatic rings. The van der Waals surface area contributed by atoms with Gasteiger partial charge in [0.05, 0.1) is 0 Å². The van der Waals surface area contributed by atoms with Gasteiger partial charge in [0.15, 0.2) is 0 Å². The summed E-state index contributed by atoms with van der Waals surface area (Å²) in [4.78, 5) is 63.2. The quantitative estimate of drug-likeness (QED) is 0.236. The van der Waals surface area contributed by atoms with Crippen molar-refractivity contribution in [2.75, 3.05) is 0 Å². The zero-order valence-electron chi connectivity index (χ0n) is 14.9. The smallest absolute Gasteiger partial charge is 0.414 e. The summed E-state index contributed by atoms with van der Waals surface area (Å²) in [6.45, 7) is 5.42. The zero-order valence-corrected chi connectivity index (χ0v) is 16.3. The van der Waals surface area contributed by atoms with Crippen molar-refractivity contribution in [1.29, 1.82) is 0 Å². The van der Waals surface area contributed by atoms with Gasteiger partial charge in [0.2, 0.25) is 0 Å². The first-order valence-corrected chi connectivity index (χ1v) is 5.74. The summed E-state index contributed by atoms with van der Waals surface area (Å²) in [6, 6.07) is 0. The second-order valence-electron chi connectivity index (χ2n) is 3.21. The van der Waals surface area contributed by atoms with Crippen LogP contribution in [-0.4, -0.2) is 77.5 Å². The maximum absolute atomic E-state index is 9.10. The van der Waals surface area contributed by atoms with Crippen LogP contribution in [0.3, 0.4) is 0 Å². The van der Waals surface area contributed by atoms with Crippen molar-refractivity contribution in [3.8, 4) is 0 Å². The van der Waals surface area contributed by atoms with Gasteiger partial charge in [-0.25, -0.2) is 9.59 Å². The molecule has 0 aliphatic heterocycles. The van der Waals surface area contributed by atoms with E-state index < -0.39 is 41.8 Å². The average molecular weight is 441 g/mol. The van der Waals surface area contributed by atoms with Gasteiger partial charge in [-0.1, -0.05) is 0 Å². The maximum Gasteiger partial charge on any atom is 0.414 e. The van der Waals surface area contributed by atoms with E-state index in [2.05, 4.69) is 0 Å². The average Bonchev–Trinajstić information content (AvgIpc) is 2.23. The SMILES string of the molecule is CC(=O)O.CC(=O)O.CC(=O)O.CC(=O)O.CC(=O)O.O=C(O)C(=O)O.[V]. The third kappa shape index (κ3) is 13000. The molecule has 0 aromatic carbocycles. The molecular weight excluding hydrogens is 419 g/mol. The van der Waals surface area contributed by atoms with Crippen LogP contribution in [0.25, 0.3) is 0 Å². The van der Waals surface area contributed by atoms with Gasteiger partial charge in [-0.3, -0.25) is 24.0 Å². The van der Waals surface area contributed by atoms with Crippen LogP contribution in [0, 0.1) is 0 Å². The molecule has 0 rings (SSSR count). The molecule has 15 heteroatoms. The van der Waals surface area contributed by atoms with Crippen molar-refractivity contribution in [1.82, 2.24) is 0 Å². The van der Waals surface area contributed by atoms with E-state index in [9.17, 15) is 0 Å². The molecule has 0 atom stereocenters. The van der Waals surface area contributed by atoms with Gasteiger partial charge >= 0.3 is 11.9 Å². The summed E-state index contributed by atoms with van der Waals surface area (Å²) >= 11 is 0. The summed E-state index contributed by atoms with van der Waals surface area (Å²) in [5.74, 6) is -7.81. The van der Waals surface area contributed by atoms with E-state index in [0.717, 1.165) is 34.6 Å². The van der Waals surface area contributed by atoms with Crippen molar-refractivity contribution < 1.29 is 87.9 Å². The Morgan fingerprint density at radius 3 is 0.407 bits per heavy atom. The van der Waals surface area contributed by atoms with Crippen LogP contribution in [0.1, 0.15) is 34.6 Å². The van der Waals surface area contributed by atoms with Crippen molar-refractivity contribution in [2.45, 2.75) is 34.6 Å². The minimum Gasteiger partial charge on any atom is -0.481 e. The first-order chi connectivity index (χ1) is 11.3. The number of rotatable bonds is 0. The van der Waals surface area contributed by atoms with Crippen LogP contribution in [0.2, 0.25) is 0 Å². The third-order valence-corrected chi connectivity index (χ3v) is 0.183. The fourth-order valence-electron chi connectivity index (χ4n) is 0. The molecule has 159 valence electrons. The van der Waals surface area contributed by atoms with E-state index in [0.29, 0.717) is 0 Å². The Kier molecular flexibility index (Phi) is 55.7. The number of carbonyl (C=O) groups is 7. The first kappa shape index (κ1) is 43.9. The standard InChI is InChI=1S/C2H2O4.5C2H4O2.V/c3-1(4)2(5)6;5*1-2(3)4;/h(H,3,4)(H,5,6);5*1H3,(H,3,4);. The molecule has 1 radical (unpaired) electrons. The van der Waals surface area contributed by atoms with Gasteiger partial charge < -0.3 is 35.7 Å². The van der Waals surface area contributed by atoms with Gasteiger partial charge in [0, 0.05) is 53.2 Å². The van der Waals surface area contributed by atoms with E-state index >= 15 is 0 Å². The minimum absolute atomic E-state index is 0. The topological polar surface area (TPSA) is 261 Å². The third-order valence-electron chi connectivity index (χ3n) is 0.183. The Hall–Kier alpha value is -3.13. The molecule has 7 N–H and O–H groups in total. The van der Waals surface area contributed by atoms with Crippen LogP contribution < -0.4 is 0 Å². The molecule has 0 aliphatic rings. The number of hydrogen-bond donors (Lipinski definition) is 7. The van der Waals surface area contributed by atoms with Crippen LogP contribution in [0.4, 0.5) is 0 Å². The van der Waals surface area contributed by atoms with Crippen LogP contribution in [0.5, 0.6) is 0 Å². The Morgan fingerprint density at radius 1 is 0.370 bits per heavy atom. The Labute approximate surface area is 164 Å². The van der Waals surface area contributed by atoms with E-state index in [1.54, 1.807) is 0 Å². The fourth-order valence-corrected chi connectivity index (χ4v) is 0. The van der Waals surface area contributed by atoms with E-state index in [4.69, 9.17) is 69.3 Å². The molecule has 0 heterocycles. The molecule has 0 aliphatic carbocycles. The van der Waals surface area contributed by atoms with Gasteiger partial charge in [-0.15, -0.1) is 0 Å². The predicted molar refractivity (Wildman–Crippen MR) is 81.8 cm³/mol. The van der Waals surface area contributed by atoms with Crippen molar-refractivity contribution in [3.63, 3.8) is 0 Å². The normalized spacial score (nSPS) is 6.26. The Bertz CT molecular complexity index is 355. The van der Waals surface area contributed by atoms with Gasteiger partial charge in [0.25, 0.3) is 29.8 Å².